The van der Waals surface area contributed by atoms with Gasteiger partial charge in [0.05, 0.1) is 18.1 Å². The highest BCUT2D eigenvalue weighted by Gasteiger charge is 2.39. The van der Waals surface area contributed by atoms with Gasteiger partial charge in [0.25, 0.3) is 0 Å². The highest BCUT2D eigenvalue weighted by Crippen LogP contribution is 2.37. The SMILES string of the molecule is CC1(CO)CCCC1NC(=O)CSCC(F)(F)F. The summed E-state index contributed by atoms with van der Waals surface area (Å²) in [6, 6.07) is -0.138. The lowest BCUT2D eigenvalue weighted by atomic mass is 9.86. The van der Waals surface area contributed by atoms with Crippen molar-refractivity contribution in [3.63, 3.8) is 0 Å². The fourth-order valence-corrected chi connectivity index (χ4v) is 2.77. The maximum atomic E-state index is 11.9. The third-order valence-electron chi connectivity index (χ3n) is 3.28. The van der Waals surface area contributed by atoms with Gasteiger partial charge in [-0.25, -0.2) is 0 Å². The lowest BCUT2D eigenvalue weighted by Gasteiger charge is -2.30. The van der Waals surface area contributed by atoms with E-state index in [9.17, 15) is 23.1 Å². The smallest absolute Gasteiger partial charge is 0.396 e. The number of thioether (sulfide) groups is 1. The van der Waals surface area contributed by atoms with E-state index in [0.29, 0.717) is 11.8 Å². The van der Waals surface area contributed by atoms with Crippen LogP contribution in [-0.4, -0.2) is 41.3 Å². The minimum absolute atomic E-state index is 0.0202. The van der Waals surface area contributed by atoms with Crippen molar-refractivity contribution in [2.24, 2.45) is 5.41 Å². The summed E-state index contributed by atoms with van der Waals surface area (Å²) in [7, 11) is 0. The normalized spacial score (nSPS) is 28.4. The van der Waals surface area contributed by atoms with E-state index >= 15 is 0 Å². The van der Waals surface area contributed by atoms with Gasteiger partial charge in [0, 0.05) is 11.5 Å². The molecule has 2 atom stereocenters. The maximum absolute atomic E-state index is 11.9. The van der Waals surface area contributed by atoms with Gasteiger partial charge in [0.2, 0.25) is 5.91 Å². The van der Waals surface area contributed by atoms with Gasteiger partial charge in [-0.3, -0.25) is 4.79 Å². The molecule has 2 N–H and O–H groups in total. The second-order valence-electron chi connectivity index (χ2n) is 4.93. The van der Waals surface area contributed by atoms with Crippen LogP contribution in [0.1, 0.15) is 26.2 Å². The first-order valence-electron chi connectivity index (χ1n) is 5.81. The van der Waals surface area contributed by atoms with Crippen molar-refractivity contribution >= 4 is 17.7 Å². The minimum atomic E-state index is -4.24. The molecule has 0 aromatic rings. The molecule has 1 saturated carbocycles. The molecule has 0 aromatic heterocycles. The van der Waals surface area contributed by atoms with Crippen LogP contribution in [0.3, 0.4) is 0 Å². The maximum Gasteiger partial charge on any atom is 0.397 e. The number of aliphatic hydroxyl groups excluding tert-OH is 1. The van der Waals surface area contributed by atoms with Crippen LogP contribution in [0.5, 0.6) is 0 Å². The summed E-state index contributed by atoms with van der Waals surface area (Å²) in [5.41, 5.74) is -0.343. The van der Waals surface area contributed by atoms with E-state index in [2.05, 4.69) is 5.32 Å². The van der Waals surface area contributed by atoms with Gasteiger partial charge >= 0.3 is 6.18 Å². The highest BCUT2D eigenvalue weighted by molar-refractivity contribution is 8.00. The average Bonchev–Trinajstić information content (AvgIpc) is 2.59. The number of rotatable bonds is 5. The second-order valence-corrected chi connectivity index (χ2v) is 5.92. The minimum Gasteiger partial charge on any atom is -0.396 e. The Balaban J connectivity index is 2.32. The molecule has 2 unspecified atom stereocenters. The Bertz CT molecular complexity index is 299. The van der Waals surface area contributed by atoms with Gasteiger partial charge in [0.1, 0.15) is 0 Å². The molecule has 1 fully saturated rings. The number of alkyl halides is 3. The topological polar surface area (TPSA) is 49.3 Å². The lowest BCUT2D eigenvalue weighted by molar-refractivity contribution is -0.120. The molecule has 0 spiro atoms. The molecule has 7 heteroatoms. The van der Waals surface area contributed by atoms with Crippen LogP contribution in [0.2, 0.25) is 0 Å². The fourth-order valence-electron chi connectivity index (χ4n) is 2.16. The molecule has 0 saturated heterocycles. The van der Waals surface area contributed by atoms with Crippen LogP contribution in [0.25, 0.3) is 0 Å². The molecule has 106 valence electrons. The summed E-state index contributed by atoms with van der Waals surface area (Å²) in [4.78, 5) is 11.5. The van der Waals surface area contributed by atoms with Crippen molar-refractivity contribution in [1.82, 2.24) is 5.32 Å². The first-order chi connectivity index (χ1) is 8.27. The van der Waals surface area contributed by atoms with E-state index in [-0.39, 0.29) is 23.8 Å². The van der Waals surface area contributed by atoms with E-state index in [4.69, 9.17) is 0 Å². The average molecular weight is 285 g/mol. The predicted octanol–water partition coefficient (Wildman–Crippen LogP) is 1.95. The number of aliphatic hydroxyl groups is 1. The molecule has 0 radical (unpaired) electrons. The number of hydrogen-bond acceptors (Lipinski definition) is 3. The van der Waals surface area contributed by atoms with Crippen molar-refractivity contribution in [2.75, 3.05) is 18.1 Å². The molecule has 0 aliphatic heterocycles. The molecule has 0 bridgehead atoms. The van der Waals surface area contributed by atoms with Crippen LogP contribution in [0.4, 0.5) is 13.2 Å². The fraction of sp³-hybridized carbons (Fsp3) is 0.909. The Morgan fingerprint density at radius 2 is 2.22 bits per heavy atom. The van der Waals surface area contributed by atoms with Crippen molar-refractivity contribution in [1.29, 1.82) is 0 Å². The number of carbonyl (C=O) groups is 1. The summed E-state index contributed by atoms with van der Waals surface area (Å²) in [5, 5.41) is 12.0. The van der Waals surface area contributed by atoms with Gasteiger partial charge in [0.15, 0.2) is 0 Å². The summed E-state index contributed by atoms with van der Waals surface area (Å²) in [6.07, 6.45) is -1.73. The largest absolute Gasteiger partial charge is 0.397 e. The van der Waals surface area contributed by atoms with Crippen molar-refractivity contribution in [3.8, 4) is 0 Å². The monoisotopic (exact) mass is 285 g/mol. The van der Waals surface area contributed by atoms with Crippen LogP contribution in [0.15, 0.2) is 0 Å². The third-order valence-corrected chi connectivity index (χ3v) is 4.28. The molecular formula is C11H18F3NO2S. The number of nitrogens with one attached hydrogen (secondary N) is 1. The van der Waals surface area contributed by atoms with Crippen molar-refractivity contribution in [2.45, 2.75) is 38.4 Å². The summed E-state index contributed by atoms with van der Waals surface area (Å²) in [6.45, 7) is 1.86. The van der Waals surface area contributed by atoms with Crippen LogP contribution in [-0.2, 0) is 4.79 Å². The molecule has 0 heterocycles. The quantitative estimate of drug-likeness (QED) is 0.811. The molecule has 1 amide bonds. The standard InChI is InChI=1S/C11H18F3NO2S/c1-10(6-16)4-2-3-8(10)15-9(17)5-18-7-11(12,13)14/h8,16H,2-7H2,1H3,(H,15,17). The van der Waals surface area contributed by atoms with Gasteiger partial charge < -0.3 is 10.4 Å². The summed E-state index contributed by atoms with van der Waals surface area (Å²) in [5.74, 6) is -1.60. The van der Waals surface area contributed by atoms with Crippen LogP contribution < -0.4 is 5.32 Å². The van der Waals surface area contributed by atoms with Crippen LogP contribution >= 0.6 is 11.8 Å². The Hall–Kier alpha value is -0.430. The number of carbonyl (C=O) groups excluding carboxylic acids is 1. The zero-order valence-corrected chi connectivity index (χ0v) is 11.0. The molecule has 3 nitrogen and oxygen atoms in total. The highest BCUT2D eigenvalue weighted by atomic mass is 32.2. The zero-order valence-electron chi connectivity index (χ0n) is 10.2. The van der Waals surface area contributed by atoms with Crippen molar-refractivity contribution < 1.29 is 23.1 Å². The molecule has 1 aliphatic rings. The number of hydrogen-bond donors (Lipinski definition) is 2. The van der Waals surface area contributed by atoms with E-state index in [1.165, 1.54) is 0 Å². The van der Waals surface area contributed by atoms with E-state index < -0.39 is 17.8 Å². The van der Waals surface area contributed by atoms with E-state index in [1.807, 2.05) is 6.92 Å². The van der Waals surface area contributed by atoms with Gasteiger partial charge in [-0.1, -0.05) is 13.3 Å². The molecular weight excluding hydrogens is 267 g/mol. The molecule has 0 aromatic carbocycles. The van der Waals surface area contributed by atoms with E-state index in [0.717, 1.165) is 19.3 Å². The van der Waals surface area contributed by atoms with Gasteiger partial charge in [-0.15, -0.1) is 11.8 Å². The molecule has 1 aliphatic carbocycles. The third kappa shape index (κ3) is 4.68. The Morgan fingerprint density at radius 3 is 2.78 bits per heavy atom. The summed E-state index contributed by atoms with van der Waals surface area (Å²) < 4.78 is 35.7. The predicted molar refractivity (Wildman–Crippen MR) is 64.4 cm³/mol. The van der Waals surface area contributed by atoms with E-state index in [1.54, 1.807) is 0 Å². The van der Waals surface area contributed by atoms with Crippen molar-refractivity contribution in [3.05, 3.63) is 0 Å². The number of halogens is 3. The Labute approximate surface area is 109 Å². The van der Waals surface area contributed by atoms with Gasteiger partial charge in [-0.2, -0.15) is 13.2 Å². The summed E-state index contributed by atoms with van der Waals surface area (Å²) >= 11 is 0.560. The Morgan fingerprint density at radius 1 is 1.56 bits per heavy atom. The number of amides is 1. The second kappa shape index (κ2) is 6.14. The molecule has 1 rings (SSSR count). The van der Waals surface area contributed by atoms with Gasteiger partial charge in [-0.05, 0) is 12.8 Å². The van der Waals surface area contributed by atoms with Crippen LogP contribution in [0, 0.1) is 5.41 Å². The lowest BCUT2D eigenvalue weighted by Crippen LogP contribution is -2.45. The first-order valence-corrected chi connectivity index (χ1v) is 6.97. The first kappa shape index (κ1) is 15.6. The Kier molecular flexibility index (Phi) is 5.33. The molecule has 18 heavy (non-hydrogen) atoms. The zero-order chi connectivity index (χ0) is 13.8.